The summed E-state index contributed by atoms with van der Waals surface area (Å²) in [6.45, 7) is 0. The summed E-state index contributed by atoms with van der Waals surface area (Å²) in [5.41, 5.74) is 0.290. The second kappa shape index (κ2) is 7.44. The van der Waals surface area contributed by atoms with Crippen molar-refractivity contribution in [3.05, 3.63) is 24.3 Å². The van der Waals surface area contributed by atoms with Gasteiger partial charge in [-0.1, -0.05) is 47.0 Å². The van der Waals surface area contributed by atoms with Gasteiger partial charge in [-0.3, -0.25) is 4.79 Å². The fourth-order valence-electron chi connectivity index (χ4n) is 1.54. The molecule has 0 unspecified atom stereocenters. The van der Waals surface area contributed by atoms with Gasteiger partial charge in [0.25, 0.3) is 0 Å². The van der Waals surface area contributed by atoms with E-state index in [0.717, 1.165) is 10.6 Å². The van der Waals surface area contributed by atoms with Crippen LogP contribution in [0.1, 0.15) is 0 Å². The maximum absolute atomic E-state index is 12.0. The van der Waals surface area contributed by atoms with Crippen molar-refractivity contribution in [2.45, 2.75) is 13.6 Å². The minimum atomic E-state index is -3.39. The number of anilines is 1. The SMILES string of the molecule is CSc1nnc(SCC(=O)Nc2ccccc2S(C)(=O)=O)s1. The van der Waals surface area contributed by atoms with Crippen LogP contribution < -0.4 is 5.32 Å². The Kier molecular flexibility index (Phi) is 5.84. The molecular formula is C12H13N3O3S4. The van der Waals surface area contributed by atoms with Gasteiger partial charge >= 0.3 is 0 Å². The predicted octanol–water partition coefficient (Wildman–Crippen LogP) is 2.39. The molecule has 0 spiro atoms. The molecule has 0 saturated heterocycles. The number of nitrogens with one attached hydrogen (secondary N) is 1. The minimum absolute atomic E-state index is 0.105. The molecular weight excluding hydrogens is 362 g/mol. The van der Waals surface area contributed by atoms with E-state index >= 15 is 0 Å². The van der Waals surface area contributed by atoms with E-state index in [0.29, 0.717) is 4.34 Å². The zero-order valence-electron chi connectivity index (χ0n) is 11.8. The first-order valence-corrected chi connectivity index (χ1v) is 10.9. The molecule has 0 bridgehead atoms. The first kappa shape index (κ1) is 17.3. The first-order chi connectivity index (χ1) is 10.4. The summed E-state index contributed by atoms with van der Waals surface area (Å²) >= 11 is 4.18. The van der Waals surface area contributed by atoms with Crippen molar-refractivity contribution in [2.24, 2.45) is 0 Å². The number of carbonyl (C=O) groups is 1. The molecule has 118 valence electrons. The molecule has 0 aliphatic carbocycles. The Morgan fingerprint density at radius 1 is 1.27 bits per heavy atom. The van der Waals surface area contributed by atoms with E-state index in [1.807, 2.05) is 6.26 Å². The van der Waals surface area contributed by atoms with Gasteiger partial charge in [-0.15, -0.1) is 10.2 Å². The quantitative estimate of drug-likeness (QED) is 0.775. The van der Waals surface area contributed by atoms with E-state index in [9.17, 15) is 13.2 Å². The summed E-state index contributed by atoms with van der Waals surface area (Å²) in [7, 11) is -3.39. The predicted molar refractivity (Wildman–Crippen MR) is 90.6 cm³/mol. The van der Waals surface area contributed by atoms with Gasteiger partial charge in [-0.05, 0) is 18.4 Å². The molecule has 0 aliphatic heterocycles. The largest absolute Gasteiger partial charge is 0.324 e. The number of para-hydroxylation sites is 1. The summed E-state index contributed by atoms with van der Waals surface area (Å²) in [6, 6.07) is 6.32. The molecule has 0 radical (unpaired) electrons. The summed E-state index contributed by atoms with van der Waals surface area (Å²) in [5.74, 6) is -0.150. The number of aromatic nitrogens is 2. The highest BCUT2D eigenvalue weighted by Gasteiger charge is 2.15. The van der Waals surface area contributed by atoms with Gasteiger partial charge in [0.1, 0.15) is 0 Å². The maximum atomic E-state index is 12.0. The molecule has 2 rings (SSSR count). The molecule has 1 heterocycles. The van der Waals surface area contributed by atoms with Crippen LogP contribution >= 0.6 is 34.9 Å². The fourth-order valence-corrected chi connectivity index (χ4v) is 4.63. The molecule has 0 saturated carbocycles. The third-order valence-corrected chi connectivity index (χ3v) is 6.64. The third kappa shape index (κ3) is 4.70. The number of benzene rings is 1. The summed E-state index contributed by atoms with van der Waals surface area (Å²) in [5, 5.41) is 10.5. The topological polar surface area (TPSA) is 89.0 Å². The summed E-state index contributed by atoms with van der Waals surface area (Å²) < 4.78 is 24.9. The van der Waals surface area contributed by atoms with Gasteiger partial charge in [0, 0.05) is 6.26 Å². The third-order valence-electron chi connectivity index (χ3n) is 2.45. The molecule has 1 aromatic heterocycles. The fraction of sp³-hybridized carbons (Fsp3) is 0.250. The molecule has 22 heavy (non-hydrogen) atoms. The number of rotatable bonds is 6. The highest BCUT2D eigenvalue weighted by molar-refractivity contribution is 8.03. The van der Waals surface area contributed by atoms with Crippen molar-refractivity contribution in [2.75, 3.05) is 23.6 Å². The van der Waals surface area contributed by atoms with Crippen LogP contribution in [0.2, 0.25) is 0 Å². The summed E-state index contributed by atoms with van der Waals surface area (Å²) in [6.07, 6.45) is 3.02. The zero-order valence-corrected chi connectivity index (χ0v) is 15.0. The Labute approximate surface area is 141 Å². The van der Waals surface area contributed by atoms with Crippen LogP contribution in [0.4, 0.5) is 5.69 Å². The second-order valence-corrected chi connectivity index (χ2v) is 9.38. The molecule has 6 nitrogen and oxygen atoms in total. The molecule has 1 aromatic carbocycles. The normalized spacial score (nSPS) is 11.4. The number of sulfone groups is 1. The molecule has 0 aliphatic rings. The molecule has 2 aromatic rings. The average molecular weight is 376 g/mol. The van der Waals surface area contributed by atoms with Crippen molar-refractivity contribution < 1.29 is 13.2 Å². The van der Waals surface area contributed by atoms with E-state index in [1.54, 1.807) is 18.2 Å². The number of hydrogen-bond donors (Lipinski definition) is 1. The Hall–Kier alpha value is -1.10. The average Bonchev–Trinajstić information content (AvgIpc) is 2.92. The van der Waals surface area contributed by atoms with Crippen LogP contribution in [-0.2, 0) is 14.6 Å². The van der Waals surface area contributed by atoms with Crippen LogP contribution in [0.3, 0.4) is 0 Å². The van der Waals surface area contributed by atoms with E-state index in [-0.39, 0.29) is 22.2 Å². The molecule has 1 amide bonds. The Bertz CT molecular complexity index is 773. The smallest absolute Gasteiger partial charge is 0.234 e. The monoisotopic (exact) mass is 375 g/mol. The number of carbonyl (C=O) groups excluding carboxylic acids is 1. The van der Waals surface area contributed by atoms with E-state index in [1.165, 1.54) is 40.9 Å². The van der Waals surface area contributed by atoms with E-state index < -0.39 is 9.84 Å². The summed E-state index contributed by atoms with van der Waals surface area (Å²) in [4.78, 5) is 12.1. The Balaban J connectivity index is 2.01. The van der Waals surface area contributed by atoms with Gasteiger partial charge in [-0.25, -0.2) is 8.42 Å². The second-order valence-electron chi connectivity index (χ2n) is 4.14. The lowest BCUT2D eigenvalue weighted by Gasteiger charge is -2.08. The lowest BCUT2D eigenvalue weighted by molar-refractivity contribution is -0.113. The van der Waals surface area contributed by atoms with Gasteiger partial charge < -0.3 is 5.32 Å². The zero-order chi connectivity index (χ0) is 16.2. The molecule has 1 N–H and O–H groups in total. The number of amides is 1. The lowest BCUT2D eigenvalue weighted by atomic mass is 10.3. The van der Waals surface area contributed by atoms with Crippen LogP contribution in [0.25, 0.3) is 0 Å². The van der Waals surface area contributed by atoms with Crippen molar-refractivity contribution in [3.63, 3.8) is 0 Å². The van der Waals surface area contributed by atoms with Gasteiger partial charge in [0.2, 0.25) is 5.91 Å². The van der Waals surface area contributed by atoms with Crippen molar-refractivity contribution >= 4 is 56.3 Å². The van der Waals surface area contributed by atoms with Gasteiger partial charge in [0.15, 0.2) is 18.5 Å². The minimum Gasteiger partial charge on any atom is -0.324 e. The molecule has 0 fully saturated rings. The highest BCUT2D eigenvalue weighted by atomic mass is 32.2. The standard InChI is InChI=1S/C12H13N3O3S4/c1-19-11-14-15-12(21-11)20-7-10(16)13-8-5-3-4-6-9(8)22(2,17)18/h3-6H,7H2,1-2H3,(H,13,16). The maximum Gasteiger partial charge on any atom is 0.234 e. The van der Waals surface area contributed by atoms with Crippen LogP contribution in [0.15, 0.2) is 37.8 Å². The van der Waals surface area contributed by atoms with Crippen LogP contribution in [0.5, 0.6) is 0 Å². The Morgan fingerprint density at radius 2 is 1.95 bits per heavy atom. The van der Waals surface area contributed by atoms with Crippen molar-refractivity contribution in [1.82, 2.24) is 10.2 Å². The number of hydrogen-bond acceptors (Lipinski definition) is 8. The number of thioether (sulfide) groups is 2. The van der Waals surface area contributed by atoms with Crippen molar-refractivity contribution in [3.8, 4) is 0 Å². The van der Waals surface area contributed by atoms with Crippen LogP contribution in [-0.4, -0.2) is 42.8 Å². The Morgan fingerprint density at radius 3 is 2.59 bits per heavy atom. The van der Waals surface area contributed by atoms with Crippen LogP contribution in [0, 0.1) is 0 Å². The van der Waals surface area contributed by atoms with E-state index in [4.69, 9.17) is 0 Å². The van der Waals surface area contributed by atoms with Gasteiger partial charge in [0.05, 0.1) is 16.3 Å². The molecule has 0 atom stereocenters. The van der Waals surface area contributed by atoms with Gasteiger partial charge in [-0.2, -0.15) is 0 Å². The first-order valence-electron chi connectivity index (χ1n) is 5.99. The van der Waals surface area contributed by atoms with E-state index in [2.05, 4.69) is 15.5 Å². The number of nitrogens with zero attached hydrogens (tertiary/aromatic N) is 2. The lowest BCUT2D eigenvalue weighted by Crippen LogP contribution is -2.16. The highest BCUT2D eigenvalue weighted by Crippen LogP contribution is 2.27. The molecule has 10 heteroatoms. The van der Waals surface area contributed by atoms with Crippen molar-refractivity contribution in [1.29, 1.82) is 0 Å².